The maximum absolute atomic E-state index is 13.2. The van der Waals surface area contributed by atoms with E-state index < -0.39 is 23.7 Å². The Morgan fingerprint density at radius 2 is 2.11 bits per heavy atom. The highest BCUT2D eigenvalue weighted by Crippen LogP contribution is 2.21. The van der Waals surface area contributed by atoms with Gasteiger partial charge in [0.05, 0.1) is 24.3 Å². The van der Waals surface area contributed by atoms with Gasteiger partial charge in [0.2, 0.25) is 11.8 Å². The van der Waals surface area contributed by atoms with Crippen LogP contribution in [0.3, 0.4) is 0 Å². The van der Waals surface area contributed by atoms with Crippen molar-refractivity contribution in [3.63, 3.8) is 0 Å². The molecular weight excluding hydrogens is 356 g/mol. The molecule has 0 radical (unpaired) electrons. The maximum Gasteiger partial charge on any atom is 0.225 e. The highest BCUT2D eigenvalue weighted by molar-refractivity contribution is 5.89. The molecule has 1 saturated heterocycles. The first-order valence-electron chi connectivity index (χ1n) is 8.52. The Morgan fingerprint density at radius 1 is 1.30 bits per heavy atom. The lowest BCUT2D eigenvalue weighted by atomic mass is 10.1. The summed E-state index contributed by atoms with van der Waals surface area (Å²) in [7, 11) is 0. The number of benzene rings is 1. The predicted molar refractivity (Wildman–Crippen MR) is 92.1 cm³/mol. The predicted octanol–water partition coefficient (Wildman–Crippen LogP) is 1.56. The molecule has 1 aromatic carbocycles. The van der Waals surface area contributed by atoms with Gasteiger partial charge in [-0.15, -0.1) is 0 Å². The SMILES string of the molecule is O=C(NC[C@H](O)c1ccc(F)c(F)c1)[C@H]1CC(=O)N(Cc2ccccn2)C1. The van der Waals surface area contributed by atoms with Crippen molar-refractivity contribution in [3.8, 4) is 0 Å². The second-order valence-corrected chi connectivity index (χ2v) is 6.43. The molecule has 142 valence electrons. The highest BCUT2D eigenvalue weighted by Gasteiger charge is 2.34. The van der Waals surface area contributed by atoms with Crippen molar-refractivity contribution in [2.24, 2.45) is 5.92 Å². The number of aliphatic hydroxyl groups is 1. The number of halogens is 2. The number of nitrogens with one attached hydrogen (secondary N) is 1. The Kier molecular flexibility index (Phi) is 5.75. The van der Waals surface area contributed by atoms with Gasteiger partial charge in [-0.1, -0.05) is 12.1 Å². The van der Waals surface area contributed by atoms with Gasteiger partial charge in [0.15, 0.2) is 11.6 Å². The van der Waals surface area contributed by atoms with Crippen LogP contribution < -0.4 is 5.32 Å². The summed E-state index contributed by atoms with van der Waals surface area (Å²) < 4.78 is 26.2. The van der Waals surface area contributed by atoms with Gasteiger partial charge in [0.1, 0.15) is 0 Å². The van der Waals surface area contributed by atoms with Gasteiger partial charge in [-0.3, -0.25) is 14.6 Å². The average Bonchev–Trinajstić information content (AvgIpc) is 3.03. The van der Waals surface area contributed by atoms with Crippen LogP contribution in [0.5, 0.6) is 0 Å². The number of hydrogen-bond acceptors (Lipinski definition) is 4. The van der Waals surface area contributed by atoms with Crippen LogP contribution in [-0.4, -0.2) is 39.9 Å². The first-order valence-corrected chi connectivity index (χ1v) is 8.52. The number of carbonyl (C=O) groups is 2. The topological polar surface area (TPSA) is 82.5 Å². The number of nitrogens with zero attached hydrogens (tertiary/aromatic N) is 2. The largest absolute Gasteiger partial charge is 0.387 e. The van der Waals surface area contributed by atoms with Gasteiger partial charge in [0.25, 0.3) is 0 Å². The summed E-state index contributed by atoms with van der Waals surface area (Å²) in [6.07, 6.45) is 0.547. The number of aromatic nitrogens is 1. The Morgan fingerprint density at radius 3 is 2.81 bits per heavy atom. The van der Waals surface area contributed by atoms with Crippen molar-refractivity contribution < 1.29 is 23.5 Å². The Bertz CT molecular complexity index is 832. The number of amides is 2. The fourth-order valence-corrected chi connectivity index (χ4v) is 2.97. The van der Waals surface area contributed by atoms with E-state index >= 15 is 0 Å². The zero-order valence-corrected chi connectivity index (χ0v) is 14.4. The van der Waals surface area contributed by atoms with Gasteiger partial charge in [-0.2, -0.15) is 0 Å². The van der Waals surface area contributed by atoms with Crippen LogP contribution in [0.4, 0.5) is 8.78 Å². The standard InChI is InChI=1S/C19H19F2N3O3/c20-15-5-4-12(7-16(15)21)17(25)9-23-19(27)13-8-18(26)24(10-13)11-14-3-1-2-6-22-14/h1-7,13,17,25H,8-11H2,(H,23,27)/t13-,17-/m0/s1. The molecule has 2 aromatic rings. The molecule has 6 nitrogen and oxygen atoms in total. The molecule has 0 aliphatic carbocycles. The van der Waals surface area contributed by atoms with Crippen molar-refractivity contribution in [2.75, 3.05) is 13.1 Å². The molecule has 1 fully saturated rings. The van der Waals surface area contributed by atoms with Gasteiger partial charge >= 0.3 is 0 Å². The van der Waals surface area contributed by atoms with E-state index in [2.05, 4.69) is 10.3 Å². The van der Waals surface area contributed by atoms with Gasteiger partial charge in [-0.05, 0) is 29.8 Å². The lowest BCUT2D eigenvalue weighted by molar-refractivity contribution is -0.129. The van der Waals surface area contributed by atoms with Crippen molar-refractivity contribution in [1.82, 2.24) is 15.2 Å². The minimum atomic E-state index is -1.18. The van der Waals surface area contributed by atoms with Crippen LogP contribution in [0.1, 0.15) is 23.8 Å². The van der Waals surface area contributed by atoms with Gasteiger partial charge in [-0.25, -0.2) is 8.78 Å². The molecular formula is C19H19F2N3O3. The molecule has 1 aliphatic heterocycles. The number of likely N-dealkylation sites (tertiary alicyclic amines) is 1. The number of hydrogen-bond donors (Lipinski definition) is 2. The second-order valence-electron chi connectivity index (χ2n) is 6.43. The summed E-state index contributed by atoms with van der Waals surface area (Å²) in [4.78, 5) is 30.1. The van der Waals surface area contributed by atoms with Crippen LogP contribution in [0.15, 0.2) is 42.6 Å². The molecule has 2 atom stereocenters. The third-order valence-electron chi connectivity index (χ3n) is 4.46. The van der Waals surface area contributed by atoms with E-state index in [0.717, 1.165) is 17.8 Å². The van der Waals surface area contributed by atoms with Crippen LogP contribution in [0, 0.1) is 17.6 Å². The van der Waals surface area contributed by atoms with Crippen LogP contribution in [-0.2, 0) is 16.1 Å². The van der Waals surface area contributed by atoms with E-state index in [9.17, 15) is 23.5 Å². The van der Waals surface area contributed by atoms with Crippen LogP contribution >= 0.6 is 0 Å². The first kappa shape index (κ1) is 18.9. The molecule has 2 N–H and O–H groups in total. The van der Waals surface area contributed by atoms with E-state index in [0.29, 0.717) is 6.54 Å². The summed E-state index contributed by atoms with van der Waals surface area (Å²) in [5.41, 5.74) is 0.897. The van der Waals surface area contributed by atoms with Crippen molar-refractivity contribution in [2.45, 2.75) is 19.1 Å². The normalized spacial score (nSPS) is 17.8. The minimum Gasteiger partial charge on any atom is -0.387 e. The van der Waals surface area contributed by atoms with Gasteiger partial charge in [0, 0.05) is 25.7 Å². The van der Waals surface area contributed by atoms with E-state index in [4.69, 9.17) is 0 Å². The number of carbonyl (C=O) groups excluding carboxylic acids is 2. The van der Waals surface area contributed by atoms with E-state index in [-0.39, 0.29) is 36.9 Å². The Balaban J connectivity index is 1.52. The minimum absolute atomic E-state index is 0.0833. The first-order chi connectivity index (χ1) is 12.9. The van der Waals surface area contributed by atoms with Crippen LogP contribution in [0.25, 0.3) is 0 Å². The molecule has 1 aliphatic rings. The third kappa shape index (κ3) is 4.65. The fraction of sp³-hybridized carbons (Fsp3) is 0.316. The zero-order chi connectivity index (χ0) is 19.4. The summed E-state index contributed by atoms with van der Waals surface area (Å²) in [5.74, 6) is -3.11. The van der Waals surface area contributed by atoms with Crippen molar-refractivity contribution >= 4 is 11.8 Å². The molecule has 2 heterocycles. The molecule has 27 heavy (non-hydrogen) atoms. The molecule has 0 unspecified atom stereocenters. The summed E-state index contributed by atoms with van der Waals surface area (Å²) >= 11 is 0. The molecule has 1 aromatic heterocycles. The van der Waals surface area contributed by atoms with E-state index in [1.165, 1.54) is 6.07 Å². The molecule has 8 heteroatoms. The fourth-order valence-electron chi connectivity index (χ4n) is 2.97. The molecule has 2 amide bonds. The lowest BCUT2D eigenvalue weighted by Gasteiger charge is -2.17. The number of pyridine rings is 1. The van der Waals surface area contributed by atoms with E-state index in [1.807, 2.05) is 6.07 Å². The van der Waals surface area contributed by atoms with Gasteiger partial charge < -0.3 is 15.3 Å². The highest BCUT2D eigenvalue weighted by atomic mass is 19.2. The summed E-state index contributed by atoms with van der Waals surface area (Å²) in [6, 6.07) is 8.47. The summed E-state index contributed by atoms with van der Waals surface area (Å²) in [6.45, 7) is 0.443. The quantitative estimate of drug-likeness (QED) is 0.803. The molecule has 0 saturated carbocycles. The Labute approximate surface area is 154 Å². The third-order valence-corrected chi connectivity index (χ3v) is 4.46. The zero-order valence-electron chi connectivity index (χ0n) is 14.4. The number of aliphatic hydroxyl groups excluding tert-OH is 1. The smallest absolute Gasteiger partial charge is 0.225 e. The maximum atomic E-state index is 13.2. The second kappa shape index (κ2) is 8.22. The van der Waals surface area contributed by atoms with Crippen molar-refractivity contribution in [1.29, 1.82) is 0 Å². The van der Waals surface area contributed by atoms with Crippen molar-refractivity contribution in [3.05, 3.63) is 65.5 Å². The summed E-state index contributed by atoms with van der Waals surface area (Å²) in [5, 5.41) is 12.6. The lowest BCUT2D eigenvalue weighted by Crippen LogP contribution is -2.35. The van der Waals surface area contributed by atoms with Crippen LogP contribution in [0.2, 0.25) is 0 Å². The monoisotopic (exact) mass is 375 g/mol. The molecule has 0 bridgehead atoms. The molecule has 3 rings (SSSR count). The average molecular weight is 375 g/mol. The number of rotatable bonds is 6. The molecule has 0 spiro atoms. The van der Waals surface area contributed by atoms with E-state index in [1.54, 1.807) is 23.2 Å². The Hall–Kier alpha value is -2.87.